The molecule has 3 N–H and O–H groups in total. The van der Waals surface area contributed by atoms with Crippen molar-refractivity contribution in [1.29, 1.82) is 0 Å². The molecule has 1 aliphatic carbocycles. The third kappa shape index (κ3) is 3.77. The zero-order valence-electron chi connectivity index (χ0n) is 12.3. The van der Waals surface area contributed by atoms with Crippen molar-refractivity contribution in [3.63, 3.8) is 0 Å². The first-order valence-corrected chi connectivity index (χ1v) is 8.13. The molecule has 22 heavy (non-hydrogen) atoms. The number of rotatable bonds is 3. The Labute approximate surface area is 128 Å². The number of benzene rings is 1. The van der Waals surface area contributed by atoms with Crippen molar-refractivity contribution in [3.8, 4) is 0 Å². The SMILES string of the molecule is CC1(C)CC(=O)C(N=Nc2ccc(S(N)(=O)=O)cc2)=C(O)C1. The van der Waals surface area contributed by atoms with Crippen LogP contribution in [0.2, 0.25) is 0 Å². The molecule has 1 aliphatic rings. The number of carbonyl (C=O) groups is 1. The number of Topliss-reactive ketones (excluding diaryl/α,β-unsaturated/α-hetero) is 1. The molecule has 8 heteroatoms. The van der Waals surface area contributed by atoms with E-state index in [1.165, 1.54) is 24.3 Å². The van der Waals surface area contributed by atoms with Crippen molar-refractivity contribution in [2.75, 3.05) is 0 Å². The van der Waals surface area contributed by atoms with E-state index in [9.17, 15) is 18.3 Å². The number of allylic oxidation sites excluding steroid dienone is 2. The first-order valence-electron chi connectivity index (χ1n) is 6.58. The van der Waals surface area contributed by atoms with Crippen LogP contribution in [0, 0.1) is 5.41 Å². The van der Waals surface area contributed by atoms with Gasteiger partial charge in [-0.05, 0) is 29.7 Å². The molecule has 0 unspecified atom stereocenters. The lowest BCUT2D eigenvalue weighted by molar-refractivity contribution is -0.118. The summed E-state index contributed by atoms with van der Waals surface area (Å²) in [6.45, 7) is 3.78. The monoisotopic (exact) mass is 323 g/mol. The van der Waals surface area contributed by atoms with Crippen LogP contribution in [-0.4, -0.2) is 19.3 Å². The van der Waals surface area contributed by atoms with Crippen LogP contribution in [0.15, 0.2) is 50.8 Å². The van der Waals surface area contributed by atoms with Crippen molar-refractivity contribution in [2.24, 2.45) is 20.8 Å². The number of aliphatic hydroxyl groups excluding tert-OH is 1. The molecule has 0 heterocycles. The Hall–Kier alpha value is -2.06. The molecule has 0 saturated heterocycles. The summed E-state index contributed by atoms with van der Waals surface area (Å²) in [5, 5.41) is 22.6. The van der Waals surface area contributed by atoms with E-state index in [2.05, 4.69) is 10.2 Å². The van der Waals surface area contributed by atoms with Gasteiger partial charge in [0.1, 0.15) is 5.76 Å². The Morgan fingerprint density at radius 3 is 2.23 bits per heavy atom. The summed E-state index contributed by atoms with van der Waals surface area (Å²) in [6, 6.07) is 5.42. The summed E-state index contributed by atoms with van der Waals surface area (Å²) >= 11 is 0. The molecule has 7 nitrogen and oxygen atoms in total. The van der Waals surface area contributed by atoms with E-state index in [4.69, 9.17) is 5.14 Å². The topological polar surface area (TPSA) is 122 Å². The average Bonchev–Trinajstić information content (AvgIpc) is 2.35. The summed E-state index contributed by atoms with van der Waals surface area (Å²) in [5.74, 6) is -0.343. The van der Waals surface area contributed by atoms with Gasteiger partial charge in [-0.15, -0.1) is 5.11 Å². The minimum Gasteiger partial charge on any atom is -0.510 e. The molecule has 0 bridgehead atoms. The van der Waals surface area contributed by atoms with Gasteiger partial charge in [-0.3, -0.25) is 4.79 Å². The number of nitrogens with zero attached hydrogens (tertiary/aromatic N) is 2. The lowest BCUT2D eigenvalue weighted by atomic mass is 9.78. The fourth-order valence-electron chi connectivity index (χ4n) is 2.20. The predicted octanol–water partition coefficient (Wildman–Crippen LogP) is 2.58. The molecule has 0 spiro atoms. The van der Waals surface area contributed by atoms with Gasteiger partial charge in [0.15, 0.2) is 11.5 Å². The molecule has 1 aromatic carbocycles. The number of sulfonamides is 1. The summed E-state index contributed by atoms with van der Waals surface area (Å²) in [5.41, 5.74) is 0.0114. The van der Waals surface area contributed by atoms with Crippen LogP contribution in [0.4, 0.5) is 5.69 Å². The third-order valence-corrected chi connectivity index (χ3v) is 4.18. The predicted molar refractivity (Wildman–Crippen MR) is 80.0 cm³/mol. The zero-order valence-corrected chi connectivity index (χ0v) is 13.1. The molecule has 0 aliphatic heterocycles. The van der Waals surface area contributed by atoms with Crippen LogP contribution >= 0.6 is 0 Å². The van der Waals surface area contributed by atoms with Crippen molar-refractivity contribution < 1.29 is 18.3 Å². The lowest BCUT2D eigenvalue weighted by Gasteiger charge is -2.27. The highest BCUT2D eigenvalue weighted by Crippen LogP contribution is 2.36. The summed E-state index contributed by atoms with van der Waals surface area (Å²) in [7, 11) is -3.76. The highest BCUT2D eigenvalue weighted by atomic mass is 32.2. The molecular weight excluding hydrogens is 306 g/mol. The van der Waals surface area contributed by atoms with Crippen LogP contribution in [0.25, 0.3) is 0 Å². The second-order valence-electron chi connectivity index (χ2n) is 5.98. The summed E-state index contributed by atoms with van der Waals surface area (Å²) in [6.07, 6.45) is 0.646. The van der Waals surface area contributed by atoms with Gasteiger partial charge in [0.05, 0.1) is 10.6 Å². The fraction of sp³-hybridized carbons (Fsp3) is 0.357. The first-order chi connectivity index (χ1) is 10.1. The van der Waals surface area contributed by atoms with E-state index in [-0.39, 0.29) is 34.0 Å². The minimum absolute atomic E-state index is 0.0380. The zero-order chi connectivity index (χ0) is 16.5. The highest BCUT2D eigenvalue weighted by Gasteiger charge is 2.33. The van der Waals surface area contributed by atoms with E-state index in [0.717, 1.165) is 0 Å². The molecule has 118 valence electrons. The van der Waals surface area contributed by atoms with E-state index >= 15 is 0 Å². The standard InChI is InChI=1S/C14H17N3O4S/c1-14(2)7-11(18)13(12(19)8-14)17-16-9-3-5-10(6-4-9)22(15,20)21/h3-6,18H,7-8H2,1-2H3,(H2,15,20,21). The Balaban J connectivity index is 2.24. The van der Waals surface area contributed by atoms with Crippen LogP contribution in [0.1, 0.15) is 26.7 Å². The van der Waals surface area contributed by atoms with Crippen LogP contribution in [0.5, 0.6) is 0 Å². The van der Waals surface area contributed by atoms with Gasteiger partial charge in [0, 0.05) is 12.8 Å². The highest BCUT2D eigenvalue weighted by molar-refractivity contribution is 7.89. The number of primary sulfonamides is 1. The van der Waals surface area contributed by atoms with Crippen molar-refractivity contribution in [3.05, 3.63) is 35.7 Å². The van der Waals surface area contributed by atoms with Gasteiger partial charge >= 0.3 is 0 Å². The molecule has 0 atom stereocenters. The Kier molecular flexibility index (Phi) is 4.17. The molecule has 0 radical (unpaired) electrons. The first kappa shape index (κ1) is 16.3. The quantitative estimate of drug-likeness (QED) is 0.830. The fourth-order valence-corrected chi connectivity index (χ4v) is 2.72. The summed E-state index contributed by atoms with van der Waals surface area (Å²) in [4.78, 5) is 11.9. The van der Waals surface area contributed by atoms with Crippen LogP contribution < -0.4 is 5.14 Å². The largest absolute Gasteiger partial charge is 0.510 e. The number of ketones is 1. The molecule has 0 fully saturated rings. The maximum Gasteiger partial charge on any atom is 0.238 e. The number of hydrogen-bond donors (Lipinski definition) is 2. The average molecular weight is 323 g/mol. The van der Waals surface area contributed by atoms with Crippen LogP contribution in [0.3, 0.4) is 0 Å². The second kappa shape index (κ2) is 5.62. The smallest absolute Gasteiger partial charge is 0.238 e. The number of hydrogen-bond acceptors (Lipinski definition) is 6. The number of azo groups is 1. The van der Waals surface area contributed by atoms with E-state index < -0.39 is 10.0 Å². The molecule has 0 amide bonds. The van der Waals surface area contributed by atoms with E-state index in [0.29, 0.717) is 12.1 Å². The molecular formula is C14H17N3O4S. The Morgan fingerprint density at radius 1 is 1.14 bits per heavy atom. The molecule has 1 aromatic rings. The van der Waals surface area contributed by atoms with E-state index in [1.54, 1.807) is 0 Å². The van der Waals surface area contributed by atoms with Gasteiger partial charge in [0.2, 0.25) is 10.0 Å². The normalized spacial score (nSPS) is 19.0. The maximum atomic E-state index is 12.0. The summed E-state index contributed by atoms with van der Waals surface area (Å²) < 4.78 is 22.3. The van der Waals surface area contributed by atoms with Gasteiger partial charge in [-0.1, -0.05) is 13.8 Å². The number of nitrogens with two attached hydrogens (primary N) is 1. The van der Waals surface area contributed by atoms with Crippen molar-refractivity contribution in [1.82, 2.24) is 0 Å². The number of aliphatic hydroxyl groups is 1. The third-order valence-electron chi connectivity index (χ3n) is 3.25. The maximum absolute atomic E-state index is 12.0. The van der Waals surface area contributed by atoms with Gasteiger partial charge in [0.25, 0.3) is 0 Å². The van der Waals surface area contributed by atoms with Gasteiger partial charge < -0.3 is 5.11 Å². The molecule has 2 rings (SSSR count). The van der Waals surface area contributed by atoms with Crippen LogP contribution in [-0.2, 0) is 14.8 Å². The van der Waals surface area contributed by atoms with Gasteiger partial charge in [-0.2, -0.15) is 5.11 Å². The van der Waals surface area contributed by atoms with Gasteiger partial charge in [-0.25, -0.2) is 13.6 Å². The Morgan fingerprint density at radius 2 is 1.73 bits per heavy atom. The molecule has 0 aromatic heterocycles. The van der Waals surface area contributed by atoms with Crippen molar-refractivity contribution in [2.45, 2.75) is 31.6 Å². The van der Waals surface area contributed by atoms with E-state index in [1.807, 2.05) is 13.8 Å². The molecule has 0 saturated carbocycles. The number of carbonyl (C=O) groups excluding carboxylic acids is 1. The van der Waals surface area contributed by atoms with Crippen molar-refractivity contribution >= 4 is 21.5 Å². The Bertz CT molecular complexity index is 762. The minimum atomic E-state index is -3.76. The second-order valence-corrected chi connectivity index (χ2v) is 7.54. The lowest BCUT2D eigenvalue weighted by Crippen LogP contribution is -2.25.